The van der Waals surface area contributed by atoms with Crippen molar-refractivity contribution < 1.29 is 0 Å². The Labute approximate surface area is 163 Å². The average Bonchev–Trinajstić information content (AvgIpc) is 2.72. The third-order valence-electron chi connectivity index (χ3n) is 4.96. The van der Waals surface area contributed by atoms with E-state index in [1.165, 1.54) is 22.3 Å². The maximum Gasteiger partial charge on any atom is 0.0485 e. The van der Waals surface area contributed by atoms with Gasteiger partial charge in [-0.15, -0.1) is 0 Å². The van der Waals surface area contributed by atoms with Crippen LogP contribution in [-0.4, -0.2) is 0 Å². The summed E-state index contributed by atoms with van der Waals surface area (Å²) in [5.41, 5.74) is 4.97. The van der Waals surface area contributed by atoms with E-state index >= 15 is 0 Å². The van der Waals surface area contributed by atoms with Gasteiger partial charge in [-0.3, -0.25) is 0 Å². The van der Waals surface area contributed by atoms with Crippen molar-refractivity contribution in [1.82, 2.24) is 0 Å². The number of allylic oxidation sites excluding steroid dienone is 5. The zero-order valence-electron chi connectivity index (χ0n) is 15.9. The fourth-order valence-corrected chi connectivity index (χ4v) is 3.68. The second kappa shape index (κ2) is 9.00. The SMILES string of the molecule is C=C/C=C\C=C/CC(c1ccccc1)(c1ccccc1)c1cccc(C)c1. The molecule has 0 aliphatic rings. The third-order valence-corrected chi connectivity index (χ3v) is 4.96. The van der Waals surface area contributed by atoms with Crippen molar-refractivity contribution in [2.75, 3.05) is 0 Å². The molecular weight excluding hydrogens is 324 g/mol. The molecule has 0 aliphatic carbocycles. The number of hydrogen-bond donors (Lipinski definition) is 0. The van der Waals surface area contributed by atoms with E-state index in [1.807, 2.05) is 12.2 Å². The molecule has 0 spiro atoms. The molecule has 0 nitrogen and oxygen atoms in total. The van der Waals surface area contributed by atoms with Crippen molar-refractivity contribution in [2.45, 2.75) is 18.8 Å². The zero-order valence-corrected chi connectivity index (χ0v) is 15.9. The molecule has 0 saturated carbocycles. The molecule has 0 heterocycles. The van der Waals surface area contributed by atoms with Crippen molar-refractivity contribution in [3.8, 4) is 0 Å². The maximum absolute atomic E-state index is 3.74. The topological polar surface area (TPSA) is 0 Å². The van der Waals surface area contributed by atoms with E-state index in [2.05, 4.69) is 111 Å². The molecule has 0 bridgehead atoms. The summed E-state index contributed by atoms with van der Waals surface area (Å²) in [6.45, 7) is 5.90. The minimum absolute atomic E-state index is 0.229. The standard InChI is InChI=1S/C27H26/c1-3-4-5-6-13-21-27(24-16-9-7-10-17-24,25-18-11-8-12-19-25)26-20-14-15-23(2)22-26/h3-20,22H,1,21H2,2H3/b5-4-,13-6-. The molecule has 134 valence electrons. The van der Waals surface area contributed by atoms with Crippen LogP contribution >= 0.6 is 0 Å². The maximum atomic E-state index is 3.74. The highest BCUT2D eigenvalue weighted by Gasteiger charge is 2.35. The Kier molecular flexibility index (Phi) is 6.22. The van der Waals surface area contributed by atoms with Gasteiger partial charge in [0.05, 0.1) is 0 Å². The average molecular weight is 351 g/mol. The van der Waals surface area contributed by atoms with Gasteiger partial charge in [0.1, 0.15) is 0 Å². The van der Waals surface area contributed by atoms with Crippen LogP contribution in [0.3, 0.4) is 0 Å². The number of aryl methyl sites for hydroxylation is 1. The Morgan fingerprint density at radius 2 is 1.30 bits per heavy atom. The van der Waals surface area contributed by atoms with Gasteiger partial charge in [0.2, 0.25) is 0 Å². The van der Waals surface area contributed by atoms with Crippen LogP contribution in [0.25, 0.3) is 0 Å². The highest BCUT2D eigenvalue weighted by Crippen LogP contribution is 2.42. The number of benzene rings is 3. The van der Waals surface area contributed by atoms with Crippen molar-refractivity contribution in [2.24, 2.45) is 0 Å². The molecule has 0 N–H and O–H groups in total. The molecule has 27 heavy (non-hydrogen) atoms. The molecule has 0 saturated heterocycles. The molecule has 3 rings (SSSR count). The van der Waals surface area contributed by atoms with E-state index in [9.17, 15) is 0 Å². The predicted molar refractivity (Wildman–Crippen MR) is 117 cm³/mol. The quantitative estimate of drug-likeness (QED) is 0.317. The van der Waals surface area contributed by atoms with Gasteiger partial charge in [0.25, 0.3) is 0 Å². The highest BCUT2D eigenvalue weighted by atomic mass is 14.4. The van der Waals surface area contributed by atoms with Gasteiger partial charge >= 0.3 is 0 Å². The molecule has 0 amide bonds. The van der Waals surface area contributed by atoms with Crippen molar-refractivity contribution in [3.63, 3.8) is 0 Å². The highest BCUT2D eigenvalue weighted by molar-refractivity contribution is 5.51. The fourth-order valence-electron chi connectivity index (χ4n) is 3.68. The Bertz CT molecular complexity index is 875. The summed E-state index contributed by atoms with van der Waals surface area (Å²) in [4.78, 5) is 0. The molecule has 0 fully saturated rings. The third kappa shape index (κ3) is 4.17. The Morgan fingerprint density at radius 3 is 1.85 bits per heavy atom. The van der Waals surface area contributed by atoms with E-state index in [4.69, 9.17) is 0 Å². The van der Waals surface area contributed by atoms with E-state index in [1.54, 1.807) is 6.08 Å². The van der Waals surface area contributed by atoms with Gasteiger partial charge in [-0.25, -0.2) is 0 Å². The largest absolute Gasteiger partial charge is 0.0991 e. The lowest BCUT2D eigenvalue weighted by atomic mass is 9.67. The van der Waals surface area contributed by atoms with Crippen LogP contribution in [0.5, 0.6) is 0 Å². The zero-order chi connectivity index (χ0) is 19.0. The second-order valence-electron chi connectivity index (χ2n) is 6.76. The van der Waals surface area contributed by atoms with Crippen LogP contribution in [0.2, 0.25) is 0 Å². The van der Waals surface area contributed by atoms with Crippen molar-refractivity contribution in [1.29, 1.82) is 0 Å². The van der Waals surface area contributed by atoms with Crippen LogP contribution in [0.15, 0.2) is 122 Å². The molecule has 0 heteroatoms. The molecule has 0 aromatic heterocycles. The van der Waals surface area contributed by atoms with Crippen molar-refractivity contribution in [3.05, 3.63) is 144 Å². The van der Waals surface area contributed by atoms with Gasteiger partial charge in [0, 0.05) is 5.41 Å². The summed E-state index contributed by atoms with van der Waals surface area (Å²) in [7, 11) is 0. The minimum Gasteiger partial charge on any atom is -0.0991 e. The lowest BCUT2D eigenvalue weighted by Crippen LogP contribution is -2.29. The van der Waals surface area contributed by atoms with Gasteiger partial charge in [-0.1, -0.05) is 127 Å². The van der Waals surface area contributed by atoms with Gasteiger partial charge < -0.3 is 0 Å². The first-order chi connectivity index (χ1) is 13.3. The lowest BCUT2D eigenvalue weighted by Gasteiger charge is -2.35. The van der Waals surface area contributed by atoms with Gasteiger partial charge in [0.15, 0.2) is 0 Å². The summed E-state index contributed by atoms with van der Waals surface area (Å²) in [6.07, 6.45) is 11.0. The number of hydrogen-bond acceptors (Lipinski definition) is 0. The molecular formula is C27H26. The molecule has 0 aliphatic heterocycles. The molecule has 0 atom stereocenters. The lowest BCUT2D eigenvalue weighted by molar-refractivity contribution is 0.627. The fraction of sp³-hybridized carbons (Fsp3) is 0.111. The molecule has 3 aromatic rings. The first-order valence-corrected chi connectivity index (χ1v) is 9.40. The molecule has 0 radical (unpaired) electrons. The monoisotopic (exact) mass is 350 g/mol. The summed E-state index contributed by atoms with van der Waals surface area (Å²) in [5, 5.41) is 0. The van der Waals surface area contributed by atoms with Crippen LogP contribution in [0.4, 0.5) is 0 Å². The van der Waals surface area contributed by atoms with Crippen molar-refractivity contribution >= 4 is 0 Å². The van der Waals surface area contributed by atoms with Crippen LogP contribution < -0.4 is 0 Å². The Hall–Kier alpha value is -3.12. The second-order valence-corrected chi connectivity index (χ2v) is 6.76. The predicted octanol–water partition coefficient (Wildman–Crippen LogP) is 7.02. The van der Waals surface area contributed by atoms with Gasteiger partial charge in [-0.2, -0.15) is 0 Å². The summed E-state index contributed by atoms with van der Waals surface area (Å²) >= 11 is 0. The van der Waals surface area contributed by atoms with E-state index in [0.717, 1.165) is 6.42 Å². The number of rotatable bonds is 7. The summed E-state index contributed by atoms with van der Waals surface area (Å²) in [6, 6.07) is 30.5. The van der Waals surface area contributed by atoms with Crippen LogP contribution in [0.1, 0.15) is 28.7 Å². The Morgan fingerprint density at radius 1 is 0.704 bits per heavy atom. The molecule has 3 aromatic carbocycles. The summed E-state index contributed by atoms with van der Waals surface area (Å²) in [5.74, 6) is 0. The molecule has 0 unspecified atom stereocenters. The minimum atomic E-state index is -0.229. The van der Waals surface area contributed by atoms with Gasteiger partial charge in [-0.05, 0) is 30.0 Å². The normalized spacial score (nSPS) is 11.9. The smallest absolute Gasteiger partial charge is 0.0485 e. The van der Waals surface area contributed by atoms with E-state index in [-0.39, 0.29) is 5.41 Å². The van der Waals surface area contributed by atoms with Crippen LogP contribution in [0, 0.1) is 6.92 Å². The summed E-state index contributed by atoms with van der Waals surface area (Å²) < 4.78 is 0. The van der Waals surface area contributed by atoms with E-state index < -0.39 is 0 Å². The first-order valence-electron chi connectivity index (χ1n) is 9.40. The van der Waals surface area contributed by atoms with E-state index in [0.29, 0.717) is 0 Å². The Balaban J connectivity index is 2.23. The van der Waals surface area contributed by atoms with Crippen LogP contribution in [-0.2, 0) is 5.41 Å². The first kappa shape index (κ1) is 18.7.